The minimum atomic E-state index is -0.358. The lowest BCUT2D eigenvalue weighted by atomic mass is 10.2. The number of ketones is 1. The molecule has 0 aliphatic carbocycles. The summed E-state index contributed by atoms with van der Waals surface area (Å²) in [6.07, 6.45) is 1.85. The summed E-state index contributed by atoms with van der Waals surface area (Å²) in [4.78, 5) is 27.0. The molecule has 2 rings (SSSR count). The van der Waals surface area contributed by atoms with E-state index in [1.165, 1.54) is 10.7 Å². The molecule has 0 atom stereocenters. The van der Waals surface area contributed by atoms with Crippen molar-refractivity contribution < 1.29 is 4.79 Å². The molecule has 2 heterocycles. The fraction of sp³-hybridized carbons (Fsp3) is 0.182. The number of nitrogens with zero attached hydrogens (tertiary/aromatic N) is 2. The molecule has 1 N–H and O–H groups in total. The first-order valence-corrected chi connectivity index (χ1v) is 5.47. The second-order valence-electron chi connectivity index (χ2n) is 3.43. The third kappa shape index (κ3) is 2.14. The van der Waals surface area contributed by atoms with Crippen LogP contribution in [0.3, 0.4) is 0 Å². The Kier molecular flexibility index (Phi) is 3.10. The number of carbonyl (C=O) groups is 1. The molecule has 0 saturated carbocycles. The maximum Gasteiger partial charge on any atom is 0.265 e. The van der Waals surface area contributed by atoms with E-state index < -0.39 is 0 Å². The van der Waals surface area contributed by atoms with Gasteiger partial charge >= 0.3 is 0 Å². The van der Waals surface area contributed by atoms with E-state index in [-0.39, 0.29) is 17.0 Å². The van der Waals surface area contributed by atoms with Crippen LogP contribution >= 0.6 is 11.6 Å². The molecular weight excluding hydrogens is 242 g/mol. The minimum Gasteiger partial charge on any atom is -0.292 e. The van der Waals surface area contributed by atoms with Crippen LogP contribution in [0.5, 0.6) is 0 Å². The Morgan fingerprint density at radius 2 is 2.35 bits per heavy atom. The van der Waals surface area contributed by atoms with Gasteiger partial charge in [-0.25, -0.2) is 9.67 Å². The smallest absolute Gasteiger partial charge is 0.265 e. The molecular formula is C11H10ClN3O2. The van der Waals surface area contributed by atoms with Crippen LogP contribution < -0.4 is 5.56 Å². The van der Waals surface area contributed by atoms with Gasteiger partial charge in [0.2, 0.25) is 0 Å². The normalized spacial score (nSPS) is 10.5. The molecule has 0 unspecified atom stereocenters. The lowest BCUT2D eigenvalue weighted by Crippen LogP contribution is -2.10. The molecule has 17 heavy (non-hydrogen) atoms. The summed E-state index contributed by atoms with van der Waals surface area (Å²) in [7, 11) is 0. The third-order valence-electron chi connectivity index (χ3n) is 2.29. The number of aromatic amines is 1. The van der Waals surface area contributed by atoms with Crippen LogP contribution in [-0.2, 0) is 0 Å². The predicted molar refractivity (Wildman–Crippen MR) is 63.8 cm³/mol. The van der Waals surface area contributed by atoms with Crippen LogP contribution in [0, 0.1) is 0 Å². The molecule has 0 fully saturated rings. The van der Waals surface area contributed by atoms with Gasteiger partial charge in [-0.15, -0.1) is 0 Å². The van der Waals surface area contributed by atoms with Gasteiger partial charge in [0, 0.05) is 18.7 Å². The van der Waals surface area contributed by atoms with Gasteiger partial charge in [0.05, 0.1) is 5.02 Å². The second-order valence-corrected chi connectivity index (χ2v) is 3.83. The number of carbonyl (C=O) groups excluding carboxylic acids is 1. The first-order chi connectivity index (χ1) is 8.13. The van der Waals surface area contributed by atoms with Crippen molar-refractivity contribution in [3.05, 3.63) is 45.5 Å². The molecule has 0 aliphatic heterocycles. The first-order valence-electron chi connectivity index (χ1n) is 5.09. The van der Waals surface area contributed by atoms with Crippen molar-refractivity contribution in [2.75, 3.05) is 0 Å². The van der Waals surface area contributed by atoms with Crippen LogP contribution in [-0.4, -0.2) is 20.5 Å². The molecule has 0 amide bonds. The summed E-state index contributed by atoms with van der Waals surface area (Å²) in [5.41, 5.74) is -0.0957. The zero-order valence-electron chi connectivity index (χ0n) is 9.11. The fourth-order valence-electron chi connectivity index (χ4n) is 1.49. The maximum absolute atomic E-state index is 11.7. The summed E-state index contributed by atoms with van der Waals surface area (Å²) in [6, 6.07) is 4.56. The number of pyridine rings is 1. The highest BCUT2D eigenvalue weighted by molar-refractivity contribution is 6.32. The number of hydrogen-bond acceptors (Lipinski definition) is 3. The van der Waals surface area contributed by atoms with Crippen molar-refractivity contribution in [2.24, 2.45) is 0 Å². The summed E-state index contributed by atoms with van der Waals surface area (Å²) >= 11 is 5.97. The highest BCUT2D eigenvalue weighted by atomic mass is 35.5. The van der Waals surface area contributed by atoms with Gasteiger partial charge in [-0.05, 0) is 12.1 Å². The average molecular weight is 252 g/mol. The third-order valence-corrected chi connectivity index (χ3v) is 2.58. The van der Waals surface area contributed by atoms with E-state index in [0.717, 1.165) is 0 Å². The van der Waals surface area contributed by atoms with Gasteiger partial charge in [-0.3, -0.25) is 14.7 Å². The zero-order valence-corrected chi connectivity index (χ0v) is 9.86. The summed E-state index contributed by atoms with van der Waals surface area (Å²) < 4.78 is 1.32. The average Bonchev–Trinajstić information content (AvgIpc) is 2.71. The lowest BCUT2D eigenvalue weighted by molar-refractivity contribution is 0.0980. The molecule has 0 spiro atoms. The van der Waals surface area contributed by atoms with E-state index >= 15 is 0 Å². The van der Waals surface area contributed by atoms with Crippen LogP contribution in [0.15, 0.2) is 29.2 Å². The second kappa shape index (κ2) is 4.55. The van der Waals surface area contributed by atoms with Crippen molar-refractivity contribution >= 4 is 17.4 Å². The number of hydrogen-bond donors (Lipinski definition) is 1. The summed E-state index contributed by atoms with van der Waals surface area (Å²) in [5.74, 6) is 0.193. The van der Waals surface area contributed by atoms with Crippen molar-refractivity contribution in [1.82, 2.24) is 14.8 Å². The SMILES string of the molecule is CCC(=O)c1cc(=O)[nH]n1-c1ncccc1Cl. The highest BCUT2D eigenvalue weighted by Gasteiger charge is 2.15. The largest absolute Gasteiger partial charge is 0.292 e. The van der Waals surface area contributed by atoms with Gasteiger partial charge < -0.3 is 0 Å². The number of H-pyrrole nitrogens is 1. The van der Waals surface area contributed by atoms with Crippen LogP contribution in [0.25, 0.3) is 5.82 Å². The van der Waals surface area contributed by atoms with E-state index in [2.05, 4.69) is 10.1 Å². The van der Waals surface area contributed by atoms with Crippen LogP contribution in [0.1, 0.15) is 23.8 Å². The van der Waals surface area contributed by atoms with Gasteiger partial charge in [0.15, 0.2) is 11.6 Å². The van der Waals surface area contributed by atoms with Gasteiger partial charge in [0.25, 0.3) is 5.56 Å². The molecule has 0 saturated heterocycles. The molecule has 0 bridgehead atoms. The van der Waals surface area contributed by atoms with E-state index in [1.807, 2.05) is 0 Å². The van der Waals surface area contributed by atoms with Crippen LogP contribution in [0.4, 0.5) is 0 Å². The van der Waals surface area contributed by atoms with Gasteiger partial charge in [0.1, 0.15) is 5.69 Å². The fourth-order valence-corrected chi connectivity index (χ4v) is 1.69. The molecule has 88 valence electrons. The van der Waals surface area contributed by atoms with Gasteiger partial charge in [-0.2, -0.15) is 0 Å². The standard InChI is InChI=1S/C11H10ClN3O2/c1-2-9(16)8-6-10(17)14-15(8)11-7(12)4-3-5-13-11/h3-6H,2H2,1H3,(H,14,17). The van der Waals surface area contributed by atoms with Crippen molar-refractivity contribution in [3.63, 3.8) is 0 Å². The summed E-state index contributed by atoms with van der Waals surface area (Å²) in [5, 5.41) is 2.88. The summed E-state index contributed by atoms with van der Waals surface area (Å²) in [6.45, 7) is 1.73. The molecule has 2 aromatic heterocycles. The van der Waals surface area contributed by atoms with E-state index in [1.54, 1.807) is 25.3 Å². The number of aromatic nitrogens is 3. The van der Waals surface area contributed by atoms with Crippen LogP contribution in [0.2, 0.25) is 5.02 Å². The van der Waals surface area contributed by atoms with Gasteiger partial charge in [-0.1, -0.05) is 18.5 Å². The quantitative estimate of drug-likeness (QED) is 0.846. The zero-order chi connectivity index (χ0) is 12.4. The van der Waals surface area contributed by atoms with Crippen molar-refractivity contribution in [1.29, 1.82) is 0 Å². The number of halogens is 1. The Morgan fingerprint density at radius 3 is 3.00 bits per heavy atom. The molecule has 5 nitrogen and oxygen atoms in total. The highest BCUT2D eigenvalue weighted by Crippen LogP contribution is 2.17. The molecule has 0 radical (unpaired) electrons. The Labute approximate surface area is 102 Å². The Morgan fingerprint density at radius 1 is 1.59 bits per heavy atom. The monoisotopic (exact) mass is 251 g/mol. The number of Topliss-reactive ketones (excluding diaryl/α,β-unsaturated/α-hetero) is 1. The van der Waals surface area contributed by atoms with Crippen molar-refractivity contribution in [2.45, 2.75) is 13.3 Å². The Balaban J connectivity index is 2.64. The number of nitrogens with one attached hydrogen (secondary N) is 1. The van der Waals surface area contributed by atoms with E-state index in [9.17, 15) is 9.59 Å². The maximum atomic E-state index is 11.7. The number of rotatable bonds is 3. The minimum absolute atomic E-state index is 0.148. The van der Waals surface area contributed by atoms with E-state index in [0.29, 0.717) is 17.3 Å². The predicted octanol–water partition coefficient (Wildman–Crippen LogP) is 1.81. The lowest BCUT2D eigenvalue weighted by Gasteiger charge is -2.06. The Bertz CT molecular complexity index is 615. The van der Waals surface area contributed by atoms with E-state index in [4.69, 9.17) is 11.6 Å². The topological polar surface area (TPSA) is 67.8 Å². The molecule has 2 aromatic rings. The molecule has 0 aromatic carbocycles. The molecule has 6 heteroatoms. The molecule has 0 aliphatic rings. The Hall–Kier alpha value is -1.88. The van der Waals surface area contributed by atoms with Crippen molar-refractivity contribution in [3.8, 4) is 5.82 Å². The first kappa shape index (κ1) is 11.6.